The van der Waals surface area contributed by atoms with E-state index in [2.05, 4.69) is 31.1 Å². The molecule has 1 aromatic heterocycles. The molecule has 0 fully saturated rings. The molecule has 124 valence electrons. The molecule has 22 heavy (non-hydrogen) atoms. The Kier molecular flexibility index (Phi) is 6.49. The number of aromatic nitrogens is 1. The van der Waals surface area contributed by atoms with Gasteiger partial charge in [0.05, 0.1) is 17.9 Å². The summed E-state index contributed by atoms with van der Waals surface area (Å²) in [4.78, 5) is 15.8. The molecule has 0 spiro atoms. The number of nitrogens with zero attached hydrogens (tertiary/aromatic N) is 1. The van der Waals surface area contributed by atoms with Crippen molar-refractivity contribution in [2.75, 3.05) is 16.8 Å². The van der Waals surface area contributed by atoms with Gasteiger partial charge in [-0.3, -0.25) is 14.6 Å². The number of nitrogens with two attached hydrogens (primary N) is 1. The Morgan fingerprint density at radius 3 is 2.68 bits per heavy atom. The lowest BCUT2D eigenvalue weighted by molar-refractivity contribution is -0.117. The van der Waals surface area contributed by atoms with Crippen LogP contribution in [0.15, 0.2) is 24.5 Å². The Morgan fingerprint density at radius 1 is 1.45 bits per heavy atom. The summed E-state index contributed by atoms with van der Waals surface area (Å²) >= 11 is 0. The highest BCUT2D eigenvalue weighted by Gasteiger charge is 2.19. The van der Waals surface area contributed by atoms with Crippen LogP contribution in [0.25, 0.3) is 0 Å². The monoisotopic (exact) mass is 326 g/mol. The summed E-state index contributed by atoms with van der Waals surface area (Å²) in [6.07, 6.45) is 4.09. The molecule has 0 bridgehead atoms. The van der Waals surface area contributed by atoms with Gasteiger partial charge in [0.2, 0.25) is 5.91 Å². The first kappa shape index (κ1) is 18.6. The van der Waals surface area contributed by atoms with Crippen LogP contribution in [0.3, 0.4) is 0 Å². The van der Waals surface area contributed by atoms with Crippen LogP contribution in [-0.2, 0) is 14.5 Å². The molecule has 1 amide bonds. The number of hydrogen-bond acceptors (Lipinski definition) is 5. The highest BCUT2D eigenvalue weighted by atomic mass is 32.2. The molecule has 0 aliphatic rings. The highest BCUT2D eigenvalue weighted by molar-refractivity contribution is 7.92. The van der Waals surface area contributed by atoms with Crippen molar-refractivity contribution in [1.82, 2.24) is 4.98 Å². The highest BCUT2D eigenvalue weighted by Crippen LogP contribution is 2.20. The van der Waals surface area contributed by atoms with Crippen molar-refractivity contribution in [1.29, 1.82) is 4.78 Å². The lowest BCUT2D eigenvalue weighted by atomic mass is 9.94. The standard InChI is InChI=1S/C15H26N4O2S/c1-15(2,3)7-10-22(17,21)9-6-13(16)14(20)19-12-5-4-8-18-11-12/h4-5,8,11,13,17H,6-7,9-10,16H2,1-3H3,(H,19,20)/t13-,22-/m0/s1. The fraction of sp³-hybridized carbons (Fsp3) is 0.600. The number of pyridine rings is 1. The maximum absolute atomic E-state index is 12.2. The second-order valence-electron chi connectivity index (χ2n) is 6.66. The lowest BCUT2D eigenvalue weighted by Gasteiger charge is -2.19. The SMILES string of the molecule is CC(C)(C)CC[S@@](=N)(=O)CC[C@H](N)C(=O)Nc1cccnc1. The van der Waals surface area contributed by atoms with E-state index in [1.807, 2.05) is 0 Å². The lowest BCUT2D eigenvalue weighted by Crippen LogP contribution is -2.37. The van der Waals surface area contributed by atoms with Crippen molar-refractivity contribution in [3.8, 4) is 0 Å². The Bertz CT molecular complexity index is 579. The molecular formula is C15H26N4O2S. The van der Waals surface area contributed by atoms with Gasteiger partial charge < -0.3 is 11.1 Å². The summed E-state index contributed by atoms with van der Waals surface area (Å²) in [5, 5.41) is 2.65. The van der Waals surface area contributed by atoms with Crippen molar-refractivity contribution in [2.24, 2.45) is 11.1 Å². The summed E-state index contributed by atoms with van der Waals surface area (Å²) < 4.78 is 20.1. The Hall–Kier alpha value is -1.47. The third kappa shape index (κ3) is 7.51. The molecule has 0 aliphatic carbocycles. The molecule has 0 saturated heterocycles. The van der Waals surface area contributed by atoms with Gasteiger partial charge >= 0.3 is 0 Å². The minimum absolute atomic E-state index is 0.0451. The number of hydrogen-bond donors (Lipinski definition) is 3. The number of rotatable bonds is 7. The zero-order valence-electron chi connectivity index (χ0n) is 13.5. The van der Waals surface area contributed by atoms with Crippen LogP contribution in [0.5, 0.6) is 0 Å². The third-order valence-corrected chi connectivity index (χ3v) is 4.96. The van der Waals surface area contributed by atoms with Gasteiger partial charge in [-0.2, -0.15) is 0 Å². The fourth-order valence-electron chi connectivity index (χ4n) is 1.69. The first-order valence-electron chi connectivity index (χ1n) is 7.30. The van der Waals surface area contributed by atoms with Crippen molar-refractivity contribution < 1.29 is 9.00 Å². The van der Waals surface area contributed by atoms with Gasteiger partial charge in [-0.05, 0) is 30.4 Å². The minimum atomic E-state index is -2.69. The van der Waals surface area contributed by atoms with Crippen LogP contribution in [0.1, 0.15) is 33.6 Å². The van der Waals surface area contributed by atoms with Crippen LogP contribution in [0.2, 0.25) is 0 Å². The molecule has 1 aromatic rings. The number of carbonyl (C=O) groups excluding carboxylic acids is 1. The van der Waals surface area contributed by atoms with E-state index in [0.29, 0.717) is 17.9 Å². The van der Waals surface area contributed by atoms with Gasteiger partial charge in [0.15, 0.2) is 0 Å². The maximum Gasteiger partial charge on any atom is 0.241 e. The molecule has 1 rings (SSSR count). The Labute approximate surface area is 132 Å². The second kappa shape index (κ2) is 7.69. The van der Waals surface area contributed by atoms with E-state index in [4.69, 9.17) is 10.5 Å². The van der Waals surface area contributed by atoms with E-state index >= 15 is 0 Å². The molecule has 2 atom stereocenters. The molecule has 0 radical (unpaired) electrons. The van der Waals surface area contributed by atoms with E-state index in [1.54, 1.807) is 18.3 Å². The zero-order chi connectivity index (χ0) is 16.8. The Morgan fingerprint density at radius 2 is 2.14 bits per heavy atom. The maximum atomic E-state index is 12.2. The van der Waals surface area contributed by atoms with Gasteiger partial charge in [-0.1, -0.05) is 20.8 Å². The van der Waals surface area contributed by atoms with Gasteiger partial charge in [-0.25, -0.2) is 4.21 Å². The summed E-state index contributed by atoms with van der Waals surface area (Å²) in [5.74, 6) is 0.136. The van der Waals surface area contributed by atoms with E-state index < -0.39 is 15.8 Å². The van der Waals surface area contributed by atoms with E-state index in [0.717, 1.165) is 0 Å². The molecule has 7 heteroatoms. The Balaban J connectivity index is 2.44. The average molecular weight is 326 g/mol. The predicted octanol–water partition coefficient (Wildman–Crippen LogP) is 2.22. The van der Waals surface area contributed by atoms with Crippen LogP contribution >= 0.6 is 0 Å². The molecule has 6 nitrogen and oxygen atoms in total. The molecular weight excluding hydrogens is 300 g/mol. The zero-order valence-corrected chi connectivity index (χ0v) is 14.3. The van der Waals surface area contributed by atoms with E-state index in [1.165, 1.54) is 6.20 Å². The molecule has 0 aliphatic heterocycles. The van der Waals surface area contributed by atoms with Crippen LogP contribution in [0, 0.1) is 10.2 Å². The minimum Gasteiger partial charge on any atom is -0.323 e. The number of nitrogens with one attached hydrogen (secondary N) is 2. The van der Waals surface area contributed by atoms with Crippen molar-refractivity contribution in [2.45, 2.75) is 39.7 Å². The quantitative estimate of drug-likeness (QED) is 0.713. The predicted molar refractivity (Wildman–Crippen MR) is 90.1 cm³/mol. The summed E-state index contributed by atoms with van der Waals surface area (Å²) in [5.41, 5.74) is 6.43. The van der Waals surface area contributed by atoms with E-state index in [-0.39, 0.29) is 23.5 Å². The van der Waals surface area contributed by atoms with Crippen molar-refractivity contribution in [3.63, 3.8) is 0 Å². The molecule has 0 unspecified atom stereocenters. The van der Waals surface area contributed by atoms with Crippen molar-refractivity contribution >= 4 is 21.3 Å². The largest absolute Gasteiger partial charge is 0.323 e. The van der Waals surface area contributed by atoms with Gasteiger partial charge in [-0.15, -0.1) is 0 Å². The summed E-state index contributed by atoms with van der Waals surface area (Å²) in [7, 11) is -2.69. The van der Waals surface area contributed by atoms with E-state index in [9.17, 15) is 9.00 Å². The number of amides is 1. The molecule has 0 saturated carbocycles. The summed E-state index contributed by atoms with van der Waals surface area (Å²) in [6, 6.07) is 2.65. The number of anilines is 1. The van der Waals surface area contributed by atoms with Gasteiger partial charge in [0.1, 0.15) is 0 Å². The first-order chi connectivity index (χ1) is 10.1. The van der Waals surface area contributed by atoms with Gasteiger partial charge in [0, 0.05) is 27.4 Å². The topological polar surface area (TPSA) is 109 Å². The normalized spacial score (nSPS) is 15.8. The third-order valence-electron chi connectivity index (χ3n) is 3.21. The first-order valence-corrected chi connectivity index (χ1v) is 9.19. The van der Waals surface area contributed by atoms with Crippen molar-refractivity contribution in [3.05, 3.63) is 24.5 Å². The average Bonchev–Trinajstić information content (AvgIpc) is 2.43. The molecule has 0 aromatic carbocycles. The summed E-state index contributed by atoms with van der Waals surface area (Å²) in [6.45, 7) is 6.15. The van der Waals surface area contributed by atoms with Crippen LogP contribution in [0.4, 0.5) is 5.69 Å². The fourth-order valence-corrected chi connectivity index (χ4v) is 3.47. The molecule has 4 N–H and O–H groups in total. The smallest absolute Gasteiger partial charge is 0.241 e. The second-order valence-corrected chi connectivity index (χ2v) is 9.10. The van der Waals surface area contributed by atoms with Crippen LogP contribution in [-0.4, -0.2) is 32.6 Å². The molecule has 1 heterocycles. The van der Waals surface area contributed by atoms with Gasteiger partial charge in [0.25, 0.3) is 0 Å². The number of carbonyl (C=O) groups is 1. The van der Waals surface area contributed by atoms with Crippen LogP contribution < -0.4 is 11.1 Å².